The van der Waals surface area contributed by atoms with Crippen LogP contribution < -0.4 is 0 Å². The Hall–Kier alpha value is -2.10. The Labute approximate surface area is 107 Å². The van der Waals surface area contributed by atoms with E-state index >= 15 is 0 Å². The van der Waals surface area contributed by atoms with Gasteiger partial charge in [0.15, 0.2) is 5.41 Å². The zero-order valence-corrected chi connectivity index (χ0v) is 10.3. The van der Waals surface area contributed by atoms with E-state index in [1.165, 1.54) is 0 Å². The summed E-state index contributed by atoms with van der Waals surface area (Å²) in [5.74, 6) is 0. The van der Waals surface area contributed by atoms with Crippen LogP contribution in [0.15, 0.2) is 43.0 Å². The predicted octanol–water partition coefficient (Wildman–Crippen LogP) is 2.98. The number of nitriles is 2. The molecule has 3 heteroatoms. The minimum Gasteiger partial charge on any atom is -0.370 e. The summed E-state index contributed by atoms with van der Waals surface area (Å²) in [6.45, 7) is 5.92. The Morgan fingerprint density at radius 1 is 1.33 bits per heavy atom. The summed E-state index contributed by atoms with van der Waals surface area (Å²) in [6.07, 6.45) is 1.12. The molecule has 2 rings (SSSR count). The monoisotopic (exact) mass is 238 g/mol. The number of nitrogens with zero attached hydrogens (tertiary/aromatic N) is 2. The van der Waals surface area contributed by atoms with Crippen LogP contribution >= 0.6 is 0 Å². The zero-order chi connectivity index (χ0) is 13.2. The van der Waals surface area contributed by atoms with E-state index in [1.54, 1.807) is 6.08 Å². The van der Waals surface area contributed by atoms with Gasteiger partial charge in [-0.25, -0.2) is 0 Å². The number of ether oxygens (including phenoxy) is 1. The highest BCUT2D eigenvalue weighted by molar-refractivity contribution is 5.36. The highest BCUT2D eigenvalue weighted by Crippen LogP contribution is 2.55. The average Bonchev–Trinajstić information content (AvgIpc) is 2.73. The van der Waals surface area contributed by atoms with Crippen molar-refractivity contribution in [2.45, 2.75) is 13.0 Å². The lowest BCUT2D eigenvalue weighted by molar-refractivity contribution is 0.0859. The molecule has 0 radical (unpaired) electrons. The number of rotatable bonds is 2. The first-order valence-corrected chi connectivity index (χ1v) is 5.76. The lowest BCUT2D eigenvalue weighted by Crippen LogP contribution is -2.36. The van der Waals surface area contributed by atoms with E-state index in [0.29, 0.717) is 6.61 Å². The highest BCUT2D eigenvalue weighted by Gasteiger charge is 2.59. The minimum absolute atomic E-state index is 0.331. The van der Waals surface area contributed by atoms with Crippen LogP contribution in [0.25, 0.3) is 0 Å². The van der Waals surface area contributed by atoms with Crippen molar-refractivity contribution >= 4 is 0 Å². The van der Waals surface area contributed by atoms with Crippen LogP contribution in [0.2, 0.25) is 0 Å². The quantitative estimate of drug-likeness (QED) is 0.744. The summed E-state index contributed by atoms with van der Waals surface area (Å²) in [7, 11) is 0. The topological polar surface area (TPSA) is 56.8 Å². The third-order valence-corrected chi connectivity index (χ3v) is 3.75. The van der Waals surface area contributed by atoms with E-state index in [-0.39, 0.29) is 0 Å². The first kappa shape index (κ1) is 12.4. The molecule has 0 N–H and O–H groups in total. The summed E-state index contributed by atoms with van der Waals surface area (Å²) in [5, 5.41) is 19.0. The number of hydrogen-bond acceptors (Lipinski definition) is 3. The van der Waals surface area contributed by atoms with Crippen molar-refractivity contribution < 1.29 is 4.74 Å². The van der Waals surface area contributed by atoms with Crippen molar-refractivity contribution in [3.8, 4) is 12.1 Å². The van der Waals surface area contributed by atoms with Gasteiger partial charge in [-0.05, 0) is 5.56 Å². The maximum absolute atomic E-state index is 9.51. The molecule has 0 bridgehead atoms. The third kappa shape index (κ3) is 1.45. The fraction of sp³-hybridized carbons (Fsp3) is 0.333. The van der Waals surface area contributed by atoms with Gasteiger partial charge in [-0.3, -0.25) is 0 Å². The highest BCUT2D eigenvalue weighted by atomic mass is 16.5. The van der Waals surface area contributed by atoms with Crippen LogP contribution in [0.1, 0.15) is 18.6 Å². The maximum atomic E-state index is 9.51. The zero-order valence-electron chi connectivity index (χ0n) is 10.3. The van der Waals surface area contributed by atoms with Crippen LogP contribution in [0.5, 0.6) is 0 Å². The van der Waals surface area contributed by atoms with Gasteiger partial charge in [0.2, 0.25) is 0 Å². The van der Waals surface area contributed by atoms with Gasteiger partial charge in [0, 0.05) is 5.41 Å². The molecule has 1 aliphatic heterocycles. The summed E-state index contributed by atoms with van der Waals surface area (Å²) >= 11 is 0. The van der Waals surface area contributed by atoms with Gasteiger partial charge in [0.05, 0.1) is 18.7 Å². The molecule has 2 unspecified atom stereocenters. The molecule has 0 aromatic heterocycles. The molecule has 1 saturated heterocycles. The molecule has 90 valence electrons. The van der Waals surface area contributed by atoms with E-state index < -0.39 is 16.9 Å². The molecule has 18 heavy (non-hydrogen) atoms. The van der Waals surface area contributed by atoms with Crippen molar-refractivity contribution in [2.24, 2.45) is 10.8 Å². The summed E-state index contributed by atoms with van der Waals surface area (Å²) in [4.78, 5) is 0. The van der Waals surface area contributed by atoms with Crippen molar-refractivity contribution in [3.05, 3.63) is 48.6 Å². The van der Waals surface area contributed by atoms with Gasteiger partial charge in [0.1, 0.15) is 6.10 Å². The second-order valence-electron chi connectivity index (χ2n) is 4.75. The minimum atomic E-state index is -1.23. The van der Waals surface area contributed by atoms with E-state index in [4.69, 9.17) is 4.74 Å². The molecule has 0 spiro atoms. The van der Waals surface area contributed by atoms with Crippen LogP contribution in [0, 0.1) is 33.5 Å². The van der Waals surface area contributed by atoms with Crippen molar-refractivity contribution in [1.82, 2.24) is 0 Å². The van der Waals surface area contributed by atoms with Crippen molar-refractivity contribution in [3.63, 3.8) is 0 Å². The van der Waals surface area contributed by atoms with E-state index in [2.05, 4.69) is 18.7 Å². The van der Waals surface area contributed by atoms with E-state index in [0.717, 1.165) is 5.56 Å². The summed E-state index contributed by atoms with van der Waals surface area (Å²) < 4.78 is 5.73. The molecular weight excluding hydrogens is 224 g/mol. The third-order valence-electron chi connectivity index (χ3n) is 3.75. The van der Waals surface area contributed by atoms with Gasteiger partial charge in [-0.15, -0.1) is 6.58 Å². The molecular formula is C15H14N2O. The van der Waals surface area contributed by atoms with Crippen LogP contribution in [0.4, 0.5) is 0 Å². The Balaban J connectivity index is 2.56. The molecule has 0 aliphatic carbocycles. The molecule has 1 aliphatic rings. The van der Waals surface area contributed by atoms with Crippen molar-refractivity contribution in [2.75, 3.05) is 6.61 Å². The smallest absolute Gasteiger partial charge is 0.184 e. The van der Waals surface area contributed by atoms with Gasteiger partial charge in [-0.1, -0.05) is 43.3 Å². The van der Waals surface area contributed by atoms with E-state index in [1.807, 2.05) is 37.3 Å². The fourth-order valence-corrected chi connectivity index (χ4v) is 2.39. The van der Waals surface area contributed by atoms with Gasteiger partial charge in [-0.2, -0.15) is 10.5 Å². The molecule has 1 aromatic rings. The molecule has 0 saturated carbocycles. The van der Waals surface area contributed by atoms with Crippen LogP contribution in [-0.4, -0.2) is 6.61 Å². The summed E-state index contributed by atoms with van der Waals surface area (Å²) in [5.41, 5.74) is -1.03. The lowest BCUT2D eigenvalue weighted by atomic mass is 9.64. The van der Waals surface area contributed by atoms with Crippen LogP contribution in [-0.2, 0) is 4.74 Å². The number of benzene rings is 1. The Kier molecular flexibility index (Phi) is 2.95. The molecule has 0 amide bonds. The second kappa shape index (κ2) is 4.29. The Morgan fingerprint density at radius 3 is 2.44 bits per heavy atom. The molecule has 1 heterocycles. The standard InChI is InChI=1S/C15H14N2O/c1-3-14(2)11-18-13(15(14,9-16)10-17)12-7-5-4-6-8-12/h3-8,13H,1,11H2,2H3. The Morgan fingerprint density at radius 2 is 1.94 bits per heavy atom. The Bertz CT molecular complexity index is 524. The normalized spacial score (nSPS) is 29.2. The van der Waals surface area contributed by atoms with Gasteiger partial charge >= 0.3 is 0 Å². The predicted molar refractivity (Wildman–Crippen MR) is 67.1 cm³/mol. The molecule has 1 fully saturated rings. The first-order chi connectivity index (χ1) is 8.63. The fourth-order valence-electron chi connectivity index (χ4n) is 2.39. The second-order valence-corrected chi connectivity index (χ2v) is 4.75. The van der Waals surface area contributed by atoms with Crippen molar-refractivity contribution in [1.29, 1.82) is 10.5 Å². The largest absolute Gasteiger partial charge is 0.370 e. The molecule has 3 nitrogen and oxygen atoms in total. The molecule has 2 atom stereocenters. The summed E-state index contributed by atoms with van der Waals surface area (Å²) in [6, 6.07) is 13.7. The SMILES string of the molecule is C=CC1(C)COC(c2ccccc2)C1(C#N)C#N. The van der Waals surface area contributed by atoms with Gasteiger partial charge in [0.25, 0.3) is 0 Å². The average molecular weight is 238 g/mol. The number of hydrogen-bond donors (Lipinski definition) is 0. The van der Waals surface area contributed by atoms with E-state index in [9.17, 15) is 10.5 Å². The van der Waals surface area contributed by atoms with Crippen LogP contribution in [0.3, 0.4) is 0 Å². The lowest BCUT2D eigenvalue weighted by Gasteiger charge is -2.31. The molecule has 1 aromatic carbocycles. The van der Waals surface area contributed by atoms with Gasteiger partial charge < -0.3 is 4.74 Å². The first-order valence-electron chi connectivity index (χ1n) is 5.76. The maximum Gasteiger partial charge on any atom is 0.184 e.